The van der Waals surface area contributed by atoms with Gasteiger partial charge >= 0.3 is 12.1 Å². The van der Waals surface area contributed by atoms with Crippen molar-refractivity contribution >= 4 is 53.8 Å². The van der Waals surface area contributed by atoms with Gasteiger partial charge in [-0.05, 0) is 63.5 Å². The zero-order valence-corrected chi connectivity index (χ0v) is 33.0. The molecule has 8 atom stereocenters. The van der Waals surface area contributed by atoms with Crippen molar-refractivity contribution in [3.63, 3.8) is 0 Å². The zero-order valence-electron chi connectivity index (χ0n) is 31.4. The third-order valence-electron chi connectivity index (χ3n) is 10.2. The smallest absolute Gasteiger partial charge is 0.409 e. The Kier molecular flexibility index (Phi) is 13.1. The number of likely N-dealkylation sites (N-methyl/N-ethyl adjacent to an activating group) is 1. The number of nitrogens with zero attached hydrogens (tertiary/aromatic N) is 2. The normalized spacial score (nSPS) is 32.2. The van der Waals surface area contributed by atoms with E-state index in [0.29, 0.717) is 24.3 Å². The van der Waals surface area contributed by atoms with E-state index in [1.54, 1.807) is 52.1 Å². The van der Waals surface area contributed by atoms with Crippen molar-refractivity contribution in [3.8, 4) is 5.75 Å². The highest BCUT2D eigenvalue weighted by atomic mass is 35.5. The molecule has 0 spiro atoms. The van der Waals surface area contributed by atoms with Crippen LogP contribution in [-0.4, -0.2) is 109 Å². The Labute approximate surface area is 316 Å². The topological polar surface area (TPSA) is 153 Å². The molecule has 0 saturated carbocycles. The molecule has 4 aliphatic heterocycles. The number of nitrogens with one attached hydrogen (secondary N) is 1. The molecule has 0 aromatic heterocycles. The van der Waals surface area contributed by atoms with Crippen LogP contribution in [0.2, 0.25) is 5.02 Å². The zero-order chi connectivity index (χ0) is 38.8. The Morgan fingerprint density at radius 3 is 2.50 bits per heavy atom. The quantitative estimate of drug-likeness (QED) is 0.250. The van der Waals surface area contributed by atoms with Crippen molar-refractivity contribution in [1.82, 2.24) is 10.2 Å². The lowest BCUT2D eigenvalue weighted by molar-refractivity contribution is -0.328. The van der Waals surface area contributed by atoms with Crippen molar-refractivity contribution in [2.45, 2.75) is 120 Å². The first kappa shape index (κ1) is 41.5. The second-order valence-corrected chi connectivity index (χ2v) is 15.8. The van der Waals surface area contributed by atoms with E-state index >= 15 is 0 Å². The fraction of sp³-hybridized carbons (Fsp3) is 0.622. The highest BCUT2D eigenvalue weighted by molar-refractivity contribution is 7.80. The van der Waals surface area contributed by atoms with Crippen molar-refractivity contribution < 1.29 is 48.0 Å². The molecule has 0 aliphatic carbocycles. The van der Waals surface area contributed by atoms with E-state index < -0.39 is 59.3 Å². The van der Waals surface area contributed by atoms with Gasteiger partial charge in [0.15, 0.2) is 5.72 Å². The lowest BCUT2D eigenvalue weighted by Crippen LogP contribution is -2.72. The van der Waals surface area contributed by atoms with E-state index in [1.165, 1.54) is 31.1 Å². The number of carbonyl (C=O) groups excluding carboxylic acids is 4. The number of rotatable bonds is 8. The van der Waals surface area contributed by atoms with Crippen LogP contribution < -0.4 is 15.0 Å². The number of methoxy groups -OCH3 is 2. The molecule has 52 heavy (non-hydrogen) atoms. The summed E-state index contributed by atoms with van der Waals surface area (Å²) in [5.74, 6) is -1.04. The molecule has 6 bridgehead atoms. The Balaban J connectivity index is 1.75. The number of fused-ring (bicyclic) bond motifs is 6. The van der Waals surface area contributed by atoms with Crippen molar-refractivity contribution in [1.29, 1.82) is 0 Å². The lowest BCUT2D eigenvalue weighted by Gasteiger charge is -2.59. The number of amides is 3. The van der Waals surface area contributed by atoms with Crippen LogP contribution in [0.3, 0.4) is 0 Å². The molecule has 2 N–H and O–H groups in total. The van der Waals surface area contributed by atoms with E-state index in [-0.39, 0.29) is 41.9 Å². The van der Waals surface area contributed by atoms with Gasteiger partial charge in [-0.25, -0.2) is 9.59 Å². The fourth-order valence-electron chi connectivity index (χ4n) is 7.02. The number of alkyl carbamates (subject to hydrolysis) is 1. The monoisotopic (exact) mass is 765 g/mol. The minimum absolute atomic E-state index is 0.00556. The Morgan fingerprint density at radius 2 is 1.88 bits per heavy atom. The molecule has 13 nitrogen and oxygen atoms in total. The van der Waals surface area contributed by atoms with Gasteiger partial charge in [-0.15, -0.1) is 0 Å². The number of hydrogen-bond acceptors (Lipinski definition) is 11. The minimum atomic E-state index is -1.85. The van der Waals surface area contributed by atoms with Crippen LogP contribution in [0.5, 0.6) is 5.75 Å². The number of thiol groups is 1. The highest BCUT2D eigenvalue weighted by Gasteiger charge is 2.63. The average molecular weight is 766 g/mol. The standard InChI is InChI=1S/C37H52ClN3O10S/c1-21-11-10-12-27(48-9)37(46)19-29(50-34(45)39-37)36(5)20-35(4,51-36)28(49-33(44)23(3)40(6)30(42)14-13-22(2)52)18-31(43)41(7)25-16-24(15-21)17-26(47-8)32(25)38/h10-12,16-17,22-23,27-29,46,52H,13-15,18-20H2,1-9H3,(H,39,45)/b12-10+,21-11+/t22?,23-,27+,28-,29?,35+,36+,37-/m0/s1. The summed E-state index contributed by atoms with van der Waals surface area (Å²) in [5, 5.41) is 14.5. The SMILES string of the molecule is COc1cc2cc(c1Cl)N(C)C(=O)C[C@H](OC(=O)[C@H](C)N(C)C(=O)CCC(C)S)[C@@]1(C)C[C@@](C)(O1)C1C[C@@](O)(NC(=O)O1)[C@H](OC)/C=C/C=C(\C)C2. The molecule has 2 fully saturated rings. The predicted molar refractivity (Wildman–Crippen MR) is 199 cm³/mol. The minimum Gasteiger partial charge on any atom is -0.495 e. The maximum absolute atomic E-state index is 14.1. The van der Waals surface area contributed by atoms with Crippen LogP contribution in [0.1, 0.15) is 72.3 Å². The number of ether oxygens (including phenoxy) is 5. The van der Waals surface area contributed by atoms with Crippen LogP contribution in [0.15, 0.2) is 35.9 Å². The molecule has 4 aliphatic rings. The van der Waals surface area contributed by atoms with E-state index in [9.17, 15) is 24.3 Å². The summed E-state index contributed by atoms with van der Waals surface area (Å²) < 4.78 is 29.4. The first-order chi connectivity index (χ1) is 24.3. The van der Waals surface area contributed by atoms with Gasteiger partial charge in [-0.1, -0.05) is 42.3 Å². The van der Waals surface area contributed by atoms with Gasteiger partial charge in [0.05, 0.1) is 19.2 Å². The van der Waals surface area contributed by atoms with E-state index in [2.05, 4.69) is 17.9 Å². The number of benzene rings is 1. The molecule has 0 radical (unpaired) electrons. The summed E-state index contributed by atoms with van der Waals surface area (Å²) in [6, 6.07) is 2.60. The highest BCUT2D eigenvalue weighted by Crippen LogP contribution is 2.50. The number of anilines is 1. The second-order valence-electron chi connectivity index (χ2n) is 14.6. The predicted octanol–water partition coefficient (Wildman–Crippen LogP) is 4.76. The lowest BCUT2D eigenvalue weighted by atomic mass is 9.72. The first-order valence-corrected chi connectivity index (χ1v) is 18.2. The molecule has 4 heterocycles. The molecule has 5 rings (SSSR count). The van der Waals surface area contributed by atoms with Gasteiger partial charge in [0.25, 0.3) is 0 Å². The van der Waals surface area contributed by atoms with Gasteiger partial charge in [-0.2, -0.15) is 12.6 Å². The molecular formula is C37H52ClN3O10S. The summed E-state index contributed by atoms with van der Waals surface area (Å²) in [4.78, 5) is 56.2. The number of esters is 1. The number of hydrogen-bond donors (Lipinski definition) is 3. The van der Waals surface area contributed by atoms with Crippen LogP contribution in [0, 0.1) is 0 Å². The van der Waals surface area contributed by atoms with Crippen molar-refractivity contribution in [2.24, 2.45) is 0 Å². The Morgan fingerprint density at radius 1 is 1.21 bits per heavy atom. The van der Waals surface area contributed by atoms with E-state index in [0.717, 1.165) is 11.1 Å². The summed E-state index contributed by atoms with van der Waals surface area (Å²) in [7, 11) is 6.01. The summed E-state index contributed by atoms with van der Waals surface area (Å²) in [5.41, 5.74) is -2.12. The van der Waals surface area contributed by atoms with Gasteiger partial charge in [0.1, 0.15) is 46.3 Å². The summed E-state index contributed by atoms with van der Waals surface area (Å²) in [6.07, 6.45) is 2.29. The molecule has 3 amide bonds. The molecule has 15 heteroatoms. The molecule has 288 valence electrons. The van der Waals surface area contributed by atoms with Gasteiger partial charge in [0.2, 0.25) is 11.8 Å². The molecule has 2 unspecified atom stereocenters. The van der Waals surface area contributed by atoms with Gasteiger partial charge in [-0.3, -0.25) is 14.9 Å². The second kappa shape index (κ2) is 16.4. The van der Waals surface area contributed by atoms with E-state index in [1.807, 2.05) is 19.9 Å². The summed E-state index contributed by atoms with van der Waals surface area (Å²) in [6.45, 7) is 8.79. The van der Waals surface area contributed by atoms with Crippen molar-refractivity contribution in [2.75, 3.05) is 33.2 Å². The average Bonchev–Trinajstić information content (AvgIpc) is 3.06. The molecule has 1 aromatic rings. The summed E-state index contributed by atoms with van der Waals surface area (Å²) >= 11 is 11.1. The maximum Gasteiger partial charge on any atom is 0.409 e. The van der Waals surface area contributed by atoms with Crippen LogP contribution in [0.25, 0.3) is 0 Å². The number of aliphatic hydroxyl groups is 1. The van der Waals surface area contributed by atoms with Gasteiger partial charge < -0.3 is 38.6 Å². The number of carbonyl (C=O) groups is 4. The van der Waals surface area contributed by atoms with Crippen LogP contribution in [-0.2, 0) is 39.8 Å². The van der Waals surface area contributed by atoms with Crippen LogP contribution in [0.4, 0.5) is 10.5 Å². The third kappa shape index (κ3) is 9.07. The largest absolute Gasteiger partial charge is 0.495 e. The molecule has 1 aromatic carbocycles. The van der Waals surface area contributed by atoms with Gasteiger partial charge in [0, 0.05) is 40.5 Å². The van der Waals surface area contributed by atoms with E-state index in [4.69, 9.17) is 35.3 Å². The number of allylic oxidation sites excluding steroid dienone is 3. The fourth-order valence-corrected chi connectivity index (χ4v) is 7.46. The van der Waals surface area contributed by atoms with Crippen molar-refractivity contribution in [3.05, 3.63) is 46.5 Å². The Hall–Kier alpha value is -3.30. The third-order valence-corrected chi connectivity index (χ3v) is 10.9. The number of halogens is 1. The maximum atomic E-state index is 14.1. The van der Waals surface area contributed by atoms with Crippen LogP contribution >= 0.6 is 24.2 Å². The molecule has 2 saturated heterocycles. The molecular weight excluding hydrogens is 714 g/mol. The Bertz CT molecular complexity index is 1590. The first-order valence-electron chi connectivity index (χ1n) is 17.3.